The van der Waals surface area contributed by atoms with E-state index in [1.807, 2.05) is 19.6 Å². The molecule has 1 rings (SSSR count). The predicted octanol–water partition coefficient (Wildman–Crippen LogP) is 3.19. The minimum Gasteiger partial charge on any atom is -0.520 e. The third-order valence-corrected chi connectivity index (χ3v) is 3.73. The third kappa shape index (κ3) is 6.57. The van der Waals surface area contributed by atoms with Crippen molar-refractivity contribution in [1.29, 1.82) is 0 Å². The molecule has 0 spiro atoms. The normalized spacial score (nSPS) is 16.8. The van der Waals surface area contributed by atoms with Crippen molar-refractivity contribution < 1.29 is 18.8 Å². The highest BCUT2D eigenvalue weighted by Crippen LogP contribution is 2.21. The quantitative estimate of drug-likeness (QED) is 0.442. The van der Waals surface area contributed by atoms with Crippen molar-refractivity contribution in [3.63, 3.8) is 0 Å². The Bertz CT molecular complexity index is 351. The number of esters is 1. The molecule has 0 aromatic rings. The Labute approximate surface area is 116 Å². The molecule has 0 amide bonds. The number of hydrogen-bond donors (Lipinski definition) is 0. The van der Waals surface area contributed by atoms with Crippen LogP contribution in [0.5, 0.6) is 0 Å². The van der Waals surface area contributed by atoms with Crippen LogP contribution in [0.1, 0.15) is 38.5 Å². The summed E-state index contributed by atoms with van der Waals surface area (Å²) in [6, 6.07) is 0. The third-order valence-electron chi connectivity index (χ3n) is 2.89. The lowest BCUT2D eigenvalue weighted by molar-refractivity contribution is -0.147. The van der Waals surface area contributed by atoms with Crippen molar-refractivity contribution in [2.24, 2.45) is 0 Å². The van der Waals surface area contributed by atoms with Gasteiger partial charge in [0.1, 0.15) is 6.10 Å². The molecule has 1 aliphatic rings. The van der Waals surface area contributed by atoms with E-state index in [9.17, 15) is 9.59 Å². The summed E-state index contributed by atoms with van der Waals surface area (Å²) in [7, 11) is -1.91. The van der Waals surface area contributed by atoms with Gasteiger partial charge < -0.3 is 9.16 Å². The molecule has 0 unspecified atom stereocenters. The van der Waals surface area contributed by atoms with Crippen LogP contribution < -0.4 is 0 Å². The number of hydrogen-bond acceptors (Lipinski definition) is 4. The van der Waals surface area contributed by atoms with Gasteiger partial charge in [0.2, 0.25) is 8.32 Å². The molecule has 0 bridgehead atoms. The first-order valence-corrected chi connectivity index (χ1v) is 10.3. The Hall–Kier alpha value is -1.10. The van der Waals surface area contributed by atoms with Gasteiger partial charge in [-0.05, 0) is 45.3 Å². The second-order valence-electron chi connectivity index (χ2n) is 6.03. The van der Waals surface area contributed by atoms with Gasteiger partial charge in [-0.3, -0.25) is 4.79 Å². The van der Waals surface area contributed by atoms with Crippen LogP contribution >= 0.6 is 0 Å². The van der Waals surface area contributed by atoms with E-state index >= 15 is 0 Å². The maximum Gasteiger partial charge on any atom is 0.334 e. The fraction of sp³-hybridized carbons (Fsp3) is 0.714. The van der Waals surface area contributed by atoms with E-state index in [0.717, 1.165) is 25.7 Å². The average Bonchev–Trinajstić information content (AvgIpc) is 2.27. The summed E-state index contributed by atoms with van der Waals surface area (Å²) in [5, 5.41) is 0. The Balaban J connectivity index is 2.35. The minimum atomic E-state index is -1.91. The van der Waals surface area contributed by atoms with E-state index in [1.165, 1.54) is 6.42 Å². The molecule has 4 nitrogen and oxygen atoms in total. The van der Waals surface area contributed by atoms with E-state index in [4.69, 9.17) is 9.16 Å². The lowest BCUT2D eigenvalue weighted by Gasteiger charge is -2.22. The molecule has 19 heavy (non-hydrogen) atoms. The first kappa shape index (κ1) is 16.0. The molecule has 0 aromatic heterocycles. The second-order valence-corrected chi connectivity index (χ2v) is 10.5. The summed E-state index contributed by atoms with van der Waals surface area (Å²) in [6.45, 7) is 9.40. The van der Waals surface area contributed by atoms with Gasteiger partial charge in [0.05, 0.1) is 6.42 Å². The first-order chi connectivity index (χ1) is 8.78. The van der Waals surface area contributed by atoms with Crippen LogP contribution in [0.2, 0.25) is 19.6 Å². The highest BCUT2D eigenvalue weighted by molar-refractivity contribution is 6.71. The summed E-state index contributed by atoms with van der Waals surface area (Å²) in [6.07, 6.45) is 5.15. The highest BCUT2D eigenvalue weighted by atomic mass is 28.4. The number of ether oxygens (including phenoxy) is 1. The summed E-state index contributed by atoms with van der Waals surface area (Å²) >= 11 is 0. The molecule has 0 N–H and O–H groups in total. The minimum absolute atomic E-state index is 0.00832. The molecular weight excluding hydrogens is 260 g/mol. The van der Waals surface area contributed by atoms with Crippen molar-refractivity contribution >= 4 is 20.3 Å². The van der Waals surface area contributed by atoms with E-state index in [0.29, 0.717) is 0 Å². The molecule has 5 heteroatoms. The zero-order chi connectivity index (χ0) is 14.5. The second kappa shape index (κ2) is 6.89. The number of carbonyl (C=O) groups excluding carboxylic acids is 2. The predicted molar refractivity (Wildman–Crippen MR) is 76.2 cm³/mol. The summed E-state index contributed by atoms with van der Waals surface area (Å²) in [4.78, 5) is 23.4. The SMILES string of the molecule is C=C(CC(=O)O[Si](C)(C)C)C(=O)OC1CCCCC1. The zero-order valence-corrected chi connectivity index (χ0v) is 13.2. The maximum atomic E-state index is 11.8. The molecule has 0 radical (unpaired) electrons. The van der Waals surface area contributed by atoms with E-state index < -0.39 is 14.3 Å². The molecular formula is C14H24O4Si. The van der Waals surface area contributed by atoms with Crippen LogP contribution in [0.4, 0.5) is 0 Å². The van der Waals surface area contributed by atoms with Crippen molar-refractivity contribution in [3.05, 3.63) is 12.2 Å². The van der Waals surface area contributed by atoms with Gasteiger partial charge in [0.15, 0.2) is 0 Å². The Morgan fingerprint density at radius 3 is 2.26 bits per heavy atom. The fourth-order valence-corrected chi connectivity index (χ4v) is 2.80. The van der Waals surface area contributed by atoms with E-state index in [-0.39, 0.29) is 24.1 Å². The topological polar surface area (TPSA) is 52.6 Å². The molecule has 1 fully saturated rings. The first-order valence-electron chi connectivity index (χ1n) is 6.88. The van der Waals surface area contributed by atoms with Crippen molar-refractivity contribution in [3.8, 4) is 0 Å². The molecule has 108 valence electrons. The van der Waals surface area contributed by atoms with Gasteiger partial charge in [0.25, 0.3) is 5.97 Å². The summed E-state index contributed by atoms with van der Waals surface area (Å²) in [5.74, 6) is -0.843. The molecule has 0 saturated heterocycles. The van der Waals surface area contributed by atoms with Gasteiger partial charge in [-0.1, -0.05) is 13.0 Å². The van der Waals surface area contributed by atoms with Gasteiger partial charge in [-0.25, -0.2) is 4.79 Å². The van der Waals surface area contributed by atoms with Crippen molar-refractivity contribution in [1.82, 2.24) is 0 Å². The monoisotopic (exact) mass is 284 g/mol. The average molecular weight is 284 g/mol. The standard InChI is InChI=1S/C14H24O4Si/c1-11(10-13(15)18-19(2,3)4)14(16)17-12-8-6-5-7-9-12/h12H,1,5-10H2,2-4H3. The van der Waals surface area contributed by atoms with Crippen LogP contribution in [0.15, 0.2) is 12.2 Å². The molecule has 1 aliphatic carbocycles. The van der Waals surface area contributed by atoms with Crippen LogP contribution in [-0.4, -0.2) is 26.4 Å². The van der Waals surface area contributed by atoms with Crippen LogP contribution in [-0.2, 0) is 18.8 Å². The zero-order valence-electron chi connectivity index (χ0n) is 12.2. The Morgan fingerprint density at radius 1 is 1.16 bits per heavy atom. The lowest BCUT2D eigenvalue weighted by Crippen LogP contribution is -2.30. The molecule has 1 saturated carbocycles. The molecule has 0 aliphatic heterocycles. The molecule has 0 heterocycles. The van der Waals surface area contributed by atoms with Gasteiger partial charge >= 0.3 is 5.97 Å². The van der Waals surface area contributed by atoms with Gasteiger partial charge in [-0.2, -0.15) is 0 Å². The van der Waals surface area contributed by atoms with Crippen LogP contribution in [0, 0.1) is 0 Å². The van der Waals surface area contributed by atoms with Gasteiger partial charge in [-0.15, -0.1) is 0 Å². The van der Waals surface area contributed by atoms with E-state index in [2.05, 4.69) is 6.58 Å². The Kier molecular flexibility index (Phi) is 5.78. The number of rotatable bonds is 5. The lowest BCUT2D eigenvalue weighted by atomic mass is 9.98. The van der Waals surface area contributed by atoms with Crippen LogP contribution in [0.25, 0.3) is 0 Å². The summed E-state index contributed by atoms with van der Waals surface area (Å²) < 4.78 is 10.6. The van der Waals surface area contributed by atoms with Crippen molar-refractivity contribution in [2.75, 3.05) is 0 Å². The van der Waals surface area contributed by atoms with Gasteiger partial charge in [0, 0.05) is 5.57 Å². The highest BCUT2D eigenvalue weighted by Gasteiger charge is 2.24. The van der Waals surface area contributed by atoms with E-state index in [1.54, 1.807) is 0 Å². The summed E-state index contributed by atoms with van der Waals surface area (Å²) in [5.41, 5.74) is 0.189. The molecule has 0 aromatic carbocycles. The smallest absolute Gasteiger partial charge is 0.334 e. The maximum absolute atomic E-state index is 11.8. The largest absolute Gasteiger partial charge is 0.520 e. The Morgan fingerprint density at radius 2 is 1.74 bits per heavy atom. The molecule has 0 atom stereocenters. The fourth-order valence-electron chi connectivity index (χ4n) is 2.04. The van der Waals surface area contributed by atoms with Crippen LogP contribution in [0.3, 0.4) is 0 Å². The number of carbonyl (C=O) groups is 2. The van der Waals surface area contributed by atoms with Crippen molar-refractivity contribution in [2.45, 2.75) is 64.3 Å².